The smallest absolute Gasteiger partial charge is 0.258 e. The van der Waals surface area contributed by atoms with E-state index in [9.17, 15) is 9.90 Å². The molecule has 10 nitrogen and oxygen atoms in total. The van der Waals surface area contributed by atoms with Gasteiger partial charge in [0.25, 0.3) is 5.91 Å². The summed E-state index contributed by atoms with van der Waals surface area (Å²) in [7, 11) is 1.71. The Morgan fingerprint density at radius 3 is 3.00 bits per heavy atom. The number of carbonyl (C=O) groups excluding carboxylic acids is 1. The number of likely N-dealkylation sites (tertiary alicyclic amines) is 1. The van der Waals surface area contributed by atoms with Crippen LogP contribution in [0.25, 0.3) is 22.0 Å². The van der Waals surface area contributed by atoms with Gasteiger partial charge in [-0.3, -0.25) is 9.48 Å². The molecule has 5 heterocycles. The lowest BCUT2D eigenvalue weighted by Crippen LogP contribution is -2.36. The number of hydrogen-bond donors (Lipinski definition) is 2. The number of likely N-dealkylation sites (N-methyl/N-ethyl adjacent to an activating group) is 1. The Kier molecular flexibility index (Phi) is 6.19. The van der Waals surface area contributed by atoms with E-state index in [1.54, 1.807) is 30.4 Å². The lowest BCUT2D eigenvalue weighted by atomic mass is 9.91. The summed E-state index contributed by atoms with van der Waals surface area (Å²) in [5, 5.41) is 21.4. The van der Waals surface area contributed by atoms with Crippen molar-refractivity contribution in [2.45, 2.75) is 37.5 Å². The standard InChI is InChI=1S/C26H27N7O3S/c1-32-10-8-26(35,24(32)34)18-5-2-4-17(12-18)23-30-22(16-37-23)21-7-9-27-25(31-21)29-19-13-28-33(14-19)15-20-6-3-11-36-20/h2,4-5,7,9,12-14,16,20,35H,3,6,8,10-11,15H2,1H3,(H,27,29,31)/t20?,26-/m1/s1. The van der Waals surface area contributed by atoms with Gasteiger partial charge >= 0.3 is 0 Å². The summed E-state index contributed by atoms with van der Waals surface area (Å²) >= 11 is 1.48. The van der Waals surface area contributed by atoms with Crippen LogP contribution in [0.5, 0.6) is 0 Å². The van der Waals surface area contributed by atoms with E-state index in [4.69, 9.17) is 9.72 Å². The molecular formula is C26H27N7O3S. The Bertz CT molecular complexity index is 1430. The summed E-state index contributed by atoms with van der Waals surface area (Å²) in [4.78, 5) is 27.9. The van der Waals surface area contributed by atoms with Crippen LogP contribution in [0.2, 0.25) is 0 Å². The van der Waals surface area contributed by atoms with E-state index < -0.39 is 5.60 Å². The zero-order chi connectivity index (χ0) is 25.4. The second-order valence-corrected chi connectivity index (χ2v) is 10.3. The number of anilines is 2. The number of aliphatic hydroxyl groups is 1. The van der Waals surface area contributed by atoms with Crippen LogP contribution < -0.4 is 5.32 Å². The van der Waals surface area contributed by atoms with Crippen molar-refractivity contribution in [3.8, 4) is 22.0 Å². The molecular weight excluding hydrogens is 490 g/mol. The van der Waals surface area contributed by atoms with Crippen molar-refractivity contribution < 1.29 is 14.6 Å². The number of rotatable bonds is 7. The molecule has 190 valence electrons. The largest absolute Gasteiger partial charge is 0.376 e. The van der Waals surface area contributed by atoms with E-state index in [2.05, 4.69) is 20.4 Å². The molecule has 6 rings (SSSR count). The minimum absolute atomic E-state index is 0.217. The summed E-state index contributed by atoms with van der Waals surface area (Å²) in [6.07, 6.45) is 8.12. The SMILES string of the molecule is CN1CC[C@@](O)(c2cccc(-c3nc(-c4ccnc(Nc5cnn(CC6CCCO6)c5)n4)cs3)c2)C1=O. The third-order valence-electron chi connectivity index (χ3n) is 6.82. The Morgan fingerprint density at radius 1 is 1.27 bits per heavy atom. The molecule has 0 radical (unpaired) electrons. The number of aromatic nitrogens is 5. The van der Waals surface area contributed by atoms with Gasteiger partial charge < -0.3 is 20.1 Å². The molecule has 2 fully saturated rings. The second kappa shape index (κ2) is 9.66. The minimum Gasteiger partial charge on any atom is -0.376 e. The maximum Gasteiger partial charge on any atom is 0.258 e. The molecule has 3 aromatic heterocycles. The number of amides is 1. The summed E-state index contributed by atoms with van der Waals surface area (Å²) < 4.78 is 7.56. The van der Waals surface area contributed by atoms with Gasteiger partial charge in [-0.15, -0.1) is 11.3 Å². The number of benzene rings is 1. The highest BCUT2D eigenvalue weighted by Crippen LogP contribution is 2.36. The van der Waals surface area contributed by atoms with Gasteiger partial charge in [-0.2, -0.15) is 5.10 Å². The van der Waals surface area contributed by atoms with Crippen molar-refractivity contribution in [3.05, 3.63) is 59.9 Å². The summed E-state index contributed by atoms with van der Waals surface area (Å²) in [5.74, 6) is 0.180. The van der Waals surface area contributed by atoms with E-state index >= 15 is 0 Å². The quantitative estimate of drug-likeness (QED) is 0.383. The lowest BCUT2D eigenvalue weighted by Gasteiger charge is -2.21. The molecule has 1 aromatic carbocycles. The van der Waals surface area contributed by atoms with Crippen molar-refractivity contribution in [1.29, 1.82) is 0 Å². The molecule has 1 unspecified atom stereocenters. The number of carbonyl (C=O) groups is 1. The van der Waals surface area contributed by atoms with Gasteiger partial charge in [-0.1, -0.05) is 18.2 Å². The molecule has 37 heavy (non-hydrogen) atoms. The van der Waals surface area contributed by atoms with Crippen LogP contribution in [0.1, 0.15) is 24.8 Å². The maximum atomic E-state index is 12.5. The molecule has 0 saturated carbocycles. The van der Waals surface area contributed by atoms with Gasteiger partial charge in [0.05, 0.1) is 30.2 Å². The zero-order valence-electron chi connectivity index (χ0n) is 20.4. The highest BCUT2D eigenvalue weighted by Gasteiger charge is 2.45. The first kappa shape index (κ1) is 23.7. The van der Waals surface area contributed by atoms with Crippen molar-refractivity contribution in [2.75, 3.05) is 25.5 Å². The first-order chi connectivity index (χ1) is 18.0. The summed E-state index contributed by atoms with van der Waals surface area (Å²) in [6.45, 7) is 2.08. The number of nitrogens with zero attached hydrogens (tertiary/aromatic N) is 6. The number of nitrogens with one attached hydrogen (secondary N) is 1. The average molecular weight is 518 g/mol. The molecule has 11 heteroatoms. The van der Waals surface area contributed by atoms with Crippen LogP contribution in [0.15, 0.2) is 54.3 Å². The Labute approximate surface area is 218 Å². The summed E-state index contributed by atoms with van der Waals surface area (Å²) in [5.41, 5.74) is 2.15. The number of ether oxygens (including phenoxy) is 1. The van der Waals surface area contributed by atoms with E-state index in [-0.39, 0.29) is 12.0 Å². The molecule has 2 N–H and O–H groups in total. The maximum absolute atomic E-state index is 12.5. The molecule has 2 aliphatic heterocycles. The van der Waals surface area contributed by atoms with Crippen molar-refractivity contribution in [1.82, 2.24) is 29.6 Å². The van der Waals surface area contributed by atoms with Crippen molar-refractivity contribution in [2.24, 2.45) is 0 Å². The van der Waals surface area contributed by atoms with Crippen LogP contribution in [-0.4, -0.2) is 66.9 Å². The highest BCUT2D eigenvalue weighted by atomic mass is 32.1. The third-order valence-corrected chi connectivity index (χ3v) is 7.71. The second-order valence-electron chi connectivity index (χ2n) is 9.43. The number of thiazole rings is 1. The molecule has 0 bridgehead atoms. The molecule has 1 amide bonds. The third kappa shape index (κ3) is 4.73. The normalized spacial score (nSPS) is 21.6. The van der Waals surface area contributed by atoms with E-state index in [0.29, 0.717) is 30.2 Å². The molecule has 0 aliphatic carbocycles. The van der Waals surface area contributed by atoms with Crippen molar-refractivity contribution in [3.63, 3.8) is 0 Å². The van der Waals surface area contributed by atoms with E-state index in [0.717, 1.165) is 47.9 Å². The summed E-state index contributed by atoms with van der Waals surface area (Å²) in [6, 6.07) is 9.24. The predicted molar refractivity (Wildman–Crippen MR) is 139 cm³/mol. The van der Waals surface area contributed by atoms with Crippen LogP contribution in [0, 0.1) is 0 Å². The fraction of sp³-hybridized carbons (Fsp3) is 0.346. The predicted octanol–water partition coefficient (Wildman–Crippen LogP) is 3.44. The van der Waals surface area contributed by atoms with Gasteiger partial charge in [-0.25, -0.2) is 15.0 Å². The fourth-order valence-electron chi connectivity index (χ4n) is 4.77. The Morgan fingerprint density at radius 2 is 2.19 bits per heavy atom. The molecule has 2 aliphatic rings. The van der Waals surface area contributed by atoms with Crippen LogP contribution >= 0.6 is 11.3 Å². The topological polar surface area (TPSA) is 118 Å². The van der Waals surface area contributed by atoms with Gasteiger partial charge in [0.1, 0.15) is 10.7 Å². The first-order valence-corrected chi connectivity index (χ1v) is 13.1. The molecule has 0 spiro atoms. The molecule has 2 saturated heterocycles. The first-order valence-electron chi connectivity index (χ1n) is 12.3. The fourth-order valence-corrected chi connectivity index (χ4v) is 5.58. The number of hydrogen-bond acceptors (Lipinski definition) is 9. The van der Waals surface area contributed by atoms with Crippen LogP contribution in [0.4, 0.5) is 11.6 Å². The highest BCUT2D eigenvalue weighted by molar-refractivity contribution is 7.13. The minimum atomic E-state index is -1.49. The van der Waals surface area contributed by atoms with Gasteiger partial charge in [0.2, 0.25) is 5.95 Å². The van der Waals surface area contributed by atoms with Crippen molar-refractivity contribution >= 4 is 28.9 Å². The van der Waals surface area contributed by atoms with Crippen LogP contribution in [-0.2, 0) is 21.7 Å². The average Bonchev–Trinajstić information content (AvgIpc) is 3.72. The zero-order valence-corrected chi connectivity index (χ0v) is 21.2. The van der Waals surface area contributed by atoms with Gasteiger partial charge in [0.15, 0.2) is 5.60 Å². The van der Waals surface area contributed by atoms with E-state index in [1.165, 1.54) is 11.3 Å². The molecule has 2 atom stereocenters. The van der Waals surface area contributed by atoms with Gasteiger partial charge in [0, 0.05) is 50.0 Å². The van der Waals surface area contributed by atoms with Gasteiger partial charge in [-0.05, 0) is 30.5 Å². The Hall–Kier alpha value is -3.67. The Balaban J connectivity index is 1.18. The molecule has 4 aromatic rings. The van der Waals surface area contributed by atoms with E-state index in [1.807, 2.05) is 40.5 Å². The lowest BCUT2D eigenvalue weighted by molar-refractivity contribution is -0.143. The van der Waals surface area contributed by atoms with Crippen LogP contribution in [0.3, 0.4) is 0 Å². The monoisotopic (exact) mass is 517 g/mol.